The maximum Gasteiger partial charge on any atom is 0.338 e. The van der Waals surface area contributed by atoms with E-state index in [1.54, 1.807) is 30.3 Å². The van der Waals surface area contributed by atoms with Crippen LogP contribution in [-0.4, -0.2) is 36.2 Å². The van der Waals surface area contributed by atoms with Gasteiger partial charge in [-0.1, -0.05) is 18.2 Å². The molecule has 0 aliphatic carbocycles. The molecule has 1 aliphatic rings. The van der Waals surface area contributed by atoms with Crippen molar-refractivity contribution in [1.29, 1.82) is 0 Å². The fourth-order valence-corrected chi connectivity index (χ4v) is 1.64. The van der Waals surface area contributed by atoms with E-state index >= 15 is 0 Å². The largest absolute Gasteiger partial charge is 0.459 e. The molecule has 0 amide bonds. The van der Waals surface area contributed by atoms with Crippen LogP contribution in [-0.2, 0) is 9.47 Å². The summed E-state index contributed by atoms with van der Waals surface area (Å²) in [4.78, 5) is 11.5. The van der Waals surface area contributed by atoms with Gasteiger partial charge in [0, 0.05) is 6.42 Å². The van der Waals surface area contributed by atoms with E-state index in [0.29, 0.717) is 5.56 Å². The fourth-order valence-electron chi connectivity index (χ4n) is 1.64. The minimum atomic E-state index is -1.41. The van der Waals surface area contributed by atoms with E-state index in [1.165, 1.54) is 0 Å². The van der Waals surface area contributed by atoms with Crippen molar-refractivity contribution in [2.75, 3.05) is 6.61 Å². The van der Waals surface area contributed by atoms with Gasteiger partial charge in [0.1, 0.15) is 6.61 Å². The number of esters is 1. The van der Waals surface area contributed by atoms with Crippen molar-refractivity contribution in [3.63, 3.8) is 0 Å². The first kappa shape index (κ1) is 12.0. The molecule has 1 heterocycles. The van der Waals surface area contributed by atoms with Crippen LogP contribution in [0.4, 0.5) is 4.39 Å². The third-order valence-corrected chi connectivity index (χ3v) is 2.54. The van der Waals surface area contributed by atoms with Crippen LogP contribution in [0, 0.1) is 0 Å². The minimum absolute atomic E-state index is 0.0449. The lowest BCUT2D eigenvalue weighted by atomic mass is 10.2. The summed E-state index contributed by atoms with van der Waals surface area (Å²) in [5, 5.41) is 9.01. The van der Waals surface area contributed by atoms with E-state index in [2.05, 4.69) is 0 Å². The Hall–Kier alpha value is -1.46. The van der Waals surface area contributed by atoms with E-state index in [4.69, 9.17) is 14.6 Å². The van der Waals surface area contributed by atoms with Gasteiger partial charge in [0.25, 0.3) is 0 Å². The Kier molecular flexibility index (Phi) is 3.71. The van der Waals surface area contributed by atoms with Crippen molar-refractivity contribution in [1.82, 2.24) is 0 Å². The number of aliphatic hydroxyl groups excluding tert-OH is 1. The summed E-state index contributed by atoms with van der Waals surface area (Å²) in [7, 11) is 0. The fraction of sp³-hybridized carbons (Fsp3) is 0.417. The number of aliphatic hydroxyl groups is 1. The number of benzene rings is 1. The molecule has 0 saturated carbocycles. The molecule has 2 rings (SSSR count). The molecule has 3 atom stereocenters. The number of carbonyl (C=O) groups excluding carboxylic acids is 1. The second-order valence-electron chi connectivity index (χ2n) is 3.86. The molecule has 1 unspecified atom stereocenters. The third kappa shape index (κ3) is 3.01. The molecular weight excluding hydrogens is 227 g/mol. The number of halogens is 1. The van der Waals surface area contributed by atoms with Gasteiger partial charge in [-0.25, -0.2) is 9.18 Å². The predicted molar refractivity (Wildman–Crippen MR) is 57.1 cm³/mol. The molecule has 1 saturated heterocycles. The smallest absolute Gasteiger partial charge is 0.338 e. The molecule has 5 heteroatoms. The molecule has 0 aromatic heterocycles. The highest BCUT2D eigenvalue weighted by molar-refractivity contribution is 5.89. The SMILES string of the molecule is O=C(OC[C@@H]1C[C@H](F)C(O)O1)c1ccccc1. The van der Waals surface area contributed by atoms with E-state index in [9.17, 15) is 9.18 Å². The van der Waals surface area contributed by atoms with Crippen LogP contribution in [0.25, 0.3) is 0 Å². The van der Waals surface area contributed by atoms with E-state index < -0.39 is 24.5 Å². The Morgan fingerprint density at radius 1 is 1.47 bits per heavy atom. The maximum absolute atomic E-state index is 12.9. The van der Waals surface area contributed by atoms with Gasteiger partial charge in [-0.05, 0) is 12.1 Å². The summed E-state index contributed by atoms with van der Waals surface area (Å²) in [5.41, 5.74) is 0.433. The van der Waals surface area contributed by atoms with Crippen molar-refractivity contribution in [3.05, 3.63) is 35.9 Å². The molecule has 1 fully saturated rings. The lowest BCUT2D eigenvalue weighted by Gasteiger charge is -2.10. The lowest BCUT2D eigenvalue weighted by Crippen LogP contribution is -2.19. The zero-order valence-corrected chi connectivity index (χ0v) is 9.08. The summed E-state index contributed by atoms with van der Waals surface area (Å²) in [6.45, 7) is -0.0504. The van der Waals surface area contributed by atoms with Crippen LogP contribution in [0.15, 0.2) is 30.3 Å². The van der Waals surface area contributed by atoms with Crippen molar-refractivity contribution in [3.8, 4) is 0 Å². The van der Waals surface area contributed by atoms with Gasteiger partial charge in [-0.15, -0.1) is 0 Å². The van der Waals surface area contributed by atoms with Crippen LogP contribution in [0.3, 0.4) is 0 Å². The molecule has 17 heavy (non-hydrogen) atoms. The van der Waals surface area contributed by atoms with Crippen molar-refractivity contribution in [2.45, 2.75) is 25.0 Å². The molecule has 4 nitrogen and oxygen atoms in total. The van der Waals surface area contributed by atoms with Gasteiger partial charge in [0.15, 0.2) is 12.5 Å². The zero-order valence-electron chi connectivity index (χ0n) is 9.08. The van der Waals surface area contributed by atoms with Gasteiger partial charge in [0.2, 0.25) is 0 Å². The average molecular weight is 240 g/mol. The van der Waals surface area contributed by atoms with Crippen LogP contribution in [0.1, 0.15) is 16.8 Å². The Bertz CT molecular complexity index is 371. The standard InChI is InChI=1S/C12H13FO4/c13-10-6-9(17-12(10)15)7-16-11(14)8-4-2-1-3-5-8/h1-5,9-10,12,15H,6-7H2/t9-,10-,12?/m0/s1. The number of ether oxygens (including phenoxy) is 2. The Labute approximate surface area is 98.0 Å². The Morgan fingerprint density at radius 2 is 2.18 bits per heavy atom. The monoisotopic (exact) mass is 240 g/mol. The van der Waals surface area contributed by atoms with Crippen molar-refractivity contribution >= 4 is 5.97 Å². The van der Waals surface area contributed by atoms with Crippen LogP contribution in [0.2, 0.25) is 0 Å². The number of carbonyl (C=O) groups is 1. The highest BCUT2D eigenvalue weighted by Gasteiger charge is 2.34. The zero-order chi connectivity index (χ0) is 12.3. The Morgan fingerprint density at radius 3 is 2.76 bits per heavy atom. The molecule has 92 valence electrons. The molecule has 1 aliphatic heterocycles. The number of hydrogen-bond acceptors (Lipinski definition) is 4. The lowest BCUT2D eigenvalue weighted by molar-refractivity contribution is -0.121. The molecule has 1 aromatic carbocycles. The predicted octanol–water partition coefficient (Wildman–Crippen LogP) is 1.29. The molecule has 1 N–H and O–H groups in total. The second kappa shape index (κ2) is 5.25. The van der Waals surface area contributed by atoms with E-state index in [1.807, 2.05) is 0 Å². The van der Waals surface area contributed by atoms with Gasteiger partial charge in [0.05, 0.1) is 11.7 Å². The van der Waals surface area contributed by atoms with Crippen molar-refractivity contribution < 1.29 is 23.8 Å². The van der Waals surface area contributed by atoms with Crippen LogP contribution < -0.4 is 0 Å². The maximum atomic E-state index is 12.9. The number of hydrogen-bond donors (Lipinski definition) is 1. The minimum Gasteiger partial charge on any atom is -0.459 e. The van der Waals surface area contributed by atoms with Gasteiger partial charge in [-0.3, -0.25) is 0 Å². The average Bonchev–Trinajstić information content (AvgIpc) is 2.67. The summed E-state index contributed by atoms with van der Waals surface area (Å²) >= 11 is 0. The van der Waals surface area contributed by atoms with E-state index in [0.717, 1.165) is 0 Å². The third-order valence-electron chi connectivity index (χ3n) is 2.54. The summed E-state index contributed by atoms with van der Waals surface area (Å²) in [6, 6.07) is 8.50. The van der Waals surface area contributed by atoms with E-state index in [-0.39, 0.29) is 13.0 Å². The molecular formula is C12H13FO4. The summed E-state index contributed by atoms with van der Waals surface area (Å²) < 4.78 is 22.7. The van der Waals surface area contributed by atoms with Crippen LogP contribution in [0.5, 0.6) is 0 Å². The highest BCUT2D eigenvalue weighted by atomic mass is 19.1. The summed E-state index contributed by atoms with van der Waals surface area (Å²) in [5.74, 6) is -0.481. The first-order valence-corrected chi connectivity index (χ1v) is 5.36. The van der Waals surface area contributed by atoms with Gasteiger partial charge in [-0.2, -0.15) is 0 Å². The van der Waals surface area contributed by atoms with Crippen LogP contribution >= 0.6 is 0 Å². The molecule has 0 radical (unpaired) electrons. The van der Waals surface area contributed by atoms with Gasteiger partial charge >= 0.3 is 5.97 Å². The second-order valence-corrected chi connectivity index (χ2v) is 3.86. The number of rotatable bonds is 3. The quantitative estimate of drug-likeness (QED) is 0.809. The first-order chi connectivity index (χ1) is 8.16. The molecule has 0 bridgehead atoms. The number of alkyl halides is 1. The normalized spacial score (nSPS) is 28.0. The van der Waals surface area contributed by atoms with Gasteiger partial charge < -0.3 is 14.6 Å². The van der Waals surface area contributed by atoms with Crippen molar-refractivity contribution in [2.24, 2.45) is 0 Å². The highest BCUT2D eigenvalue weighted by Crippen LogP contribution is 2.21. The first-order valence-electron chi connectivity index (χ1n) is 5.36. The molecule has 0 spiro atoms. The Balaban J connectivity index is 1.81. The summed E-state index contributed by atoms with van der Waals surface area (Å²) in [6.07, 6.45) is -3.35. The topological polar surface area (TPSA) is 55.8 Å². The molecule has 1 aromatic rings.